The second kappa shape index (κ2) is 4.65. The largest absolute Gasteiger partial charge is 0.481 e. The maximum atomic E-state index is 10.3. The Morgan fingerprint density at radius 2 is 2.20 bits per heavy atom. The number of nitrogens with zero attached hydrogens (tertiary/aromatic N) is 2. The predicted molar refractivity (Wildman–Crippen MR) is 56.0 cm³/mol. The molecule has 1 heterocycles. The summed E-state index contributed by atoms with van der Waals surface area (Å²) in [7, 11) is 0. The summed E-state index contributed by atoms with van der Waals surface area (Å²) >= 11 is 1.04. The van der Waals surface area contributed by atoms with Gasteiger partial charge in [0.25, 0.3) is 5.22 Å². The van der Waals surface area contributed by atoms with E-state index in [1.807, 2.05) is 20.8 Å². The van der Waals surface area contributed by atoms with E-state index in [9.17, 15) is 4.79 Å². The molecule has 0 aromatic carbocycles. The van der Waals surface area contributed by atoms with Crippen molar-refractivity contribution in [1.29, 1.82) is 0 Å². The quantitative estimate of drug-likeness (QED) is 0.779. The smallest absolute Gasteiger partial charge is 0.314 e. The van der Waals surface area contributed by atoms with Crippen molar-refractivity contribution in [3.05, 3.63) is 5.89 Å². The normalized spacial score (nSPS) is 11.7. The van der Waals surface area contributed by atoms with Gasteiger partial charge in [0.05, 0.1) is 0 Å². The van der Waals surface area contributed by atoms with Crippen molar-refractivity contribution in [2.24, 2.45) is 0 Å². The van der Waals surface area contributed by atoms with Gasteiger partial charge in [0.2, 0.25) is 5.89 Å². The highest BCUT2D eigenvalue weighted by molar-refractivity contribution is 7.99. The molecule has 5 nitrogen and oxygen atoms in total. The van der Waals surface area contributed by atoms with Gasteiger partial charge in [-0.1, -0.05) is 32.5 Å². The Morgan fingerprint density at radius 3 is 2.73 bits per heavy atom. The van der Waals surface area contributed by atoms with Crippen LogP contribution in [0, 0.1) is 0 Å². The number of aromatic nitrogens is 2. The number of rotatable bonds is 5. The molecule has 6 heteroatoms. The fraction of sp³-hybridized carbons (Fsp3) is 0.667. The molecule has 15 heavy (non-hydrogen) atoms. The van der Waals surface area contributed by atoms with E-state index < -0.39 is 5.97 Å². The van der Waals surface area contributed by atoms with Crippen LogP contribution in [-0.2, 0) is 10.2 Å². The molecule has 0 saturated carbocycles. The average molecular weight is 230 g/mol. The van der Waals surface area contributed by atoms with Crippen LogP contribution in [0.1, 0.15) is 33.1 Å². The standard InChI is InChI=1S/C9H14N2O3S/c1-4-9(2,3)7-10-11-8(14-7)15-5-6(12)13/h4-5H2,1-3H3,(H,12,13). The first-order valence-corrected chi connectivity index (χ1v) is 5.63. The van der Waals surface area contributed by atoms with Crippen molar-refractivity contribution in [2.45, 2.75) is 37.8 Å². The molecule has 1 rings (SSSR count). The summed E-state index contributed by atoms with van der Waals surface area (Å²) in [6, 6.07) is 0. The molecule has 0 aliphatic carbocycles. The summed E-state index contributed by atoms with van der Waals surface area (Å²) in [6.45, 7) is 6.05. The topological polar surface area (TPSA) is 76.2 Å². The molecule has 0 fully saturated rings. The molecule has 0 atom stereocenters. The van der Waals surface area contributed by atoms with Gasteiger partial charge < -0.3 is 9.52 Å². The third-order valence-electron chi connectivity index (χ3n) is 2.19. The van der Waals surface area contributed by atoms with Crippen molar-refractivity contribution in [1.82, 2.24) is 10.2 Å². The van der Waals surface area contributed by atoms with Crippen LogP contribution in [0.3, 0.4) is 0 Å². The number of hydrogen-bond acceptors (Lipinski definition) is 5. The van der Waals surface area contributed by atoms with Crippen LogP contribution in [0.25, 0.3) is 0 Å². The lowest BCUT2D eigenvalue weighted by Crippen LogP contribution is -2.15. The molecule has 0 saturated heterocycles. The Morgan fingerprint density at radius 1 is 1.53 bits per heavy atom. The van der Waals surface area contributed by atoms with Gasteiger partial charge in [-0.3, -0.25) is 4.79 Å². The fourth-order valence-corrected chi connectivity index (χ4v) is 1.30. The third-order valence-corrected chi connectivity index (χ3v) is 2.99. The highest BCUT2D eigenvalue weighted by atomic mass is 32.2. The summed E-state index contributed by atoms with van der Waals surface area (Å²) < 4.78 is 5.37. The van der Waals surface area contributed by atoms with Gasteiger partial charge in [0, 0.05) is 5.41 Å². The molecule has 0 bridgehead atoms. The minimum atomic E-state index is -0.894. The summed E-state index contributed by atoms with van der Waals surface area (Å²) in [4.78, 5) is 10.3. The Bertz CT molecular complexity index is 349. The zero-order valence-corrected chi connectivity index (χ0v) is 9.80. The SMILES string of the molecule is CCC(C)(C)c1nnc(SCC(=O)O)o1. The van der Waals surface area contributed by atoms with Crippen LogP contribution >= 0.6 is 11.8 Å². The van der Waals surface area contributed by atoms with Gasteiger partial charge >= 0.3 is 5.97 Å². The maximum Gasteiger partial charge on any atom is 0.314 e. The molecule has 0 radical (unpaired) electrons. The first-order chi connectivity index (χ1) is 6.95. The average Bonchev–Trinajstić information content (AvgIpc) is 2.63. The molecule has 1 aromatic heterocycles. The minimum absolute atomic E-state index is 0.0613. The molecular formula is C9H14N2O3S. The first-order valence-electron chi connectivity index (χ1n) is 4.64. The fourth-order valence-electron chi connectivity index (χ4n) is 0.816. The lowest BCUT2D eigenvalue weighted by atomic mass is 9.90. The number of hydrogen-bond donors (Lipinski definition) is 1. The van der Waals surface area contributed by atoms with E-state index >= 15 is 0 Å². The van der Waals surface area contributed by atoms with Gasteiger partial charge in [-0.2, -0.15) is 0 Å². The molecule has 84 valence electrons. The van der Waals surface area contributed by atoms with E-state index in [1.165, 1.54) is 0 Å². The molecule has 1 N–H and O–H groups in total. The van der Waals surface area contributed by atoms with Gasteiger partial charge in [-0.25, -0.2) is 0 Å². The van der Waals surface area contributed by atoms with E-state index in [0.717, 1.165) is 18.2 Å². The number of carbonyl (C=O) groups is 1. The molecule has 1 aromatic rings. The van der Waals surface area contributed by atoms with Crippen LogP contribution in [0.15, 0.2) is 9.64 Å². The van der Waals surface area contributed by atoms with Gasteiger partial charge in [0.15, 0.2) is 0 Å². The Balaban J connectivity index is 2.68. The highest BCUT2D eigenvalue weighted by Crippen LogP contribution is 2.27. The highest BCUT2D eigenvalue weighted by Gasteiger charge is 2.25. The zero-order valence-electron chi connectivity index (χ0n) is 8.98. The van der Waals surface area contributed by atoms with Gasteiger partial charge in [-0.15, -0.1) is 10.2 Å². The van der Waals surface area contributed by atoms with E-state index in [-0.39, 0.29) is 11.2 Å². The summed E-state index contributed by atoms with van der Waals surface area (Å²) in [6.07, 6.45) is 0.887. The van der Waals surface area contributed by atoms with Crippen LogP contribution < -0.4 is 0 Å². The maximum absolute atomic E-state index is 10.3. The lowest BCUT2D eigenvalue weighted by Gasteiger charge is -2.16. The third kappa shape index (κ3) is 3.23. The van der Waals surface area contributed by atoms with Crippen molar-refractivity contribution < 1.29 is 14.3 Å². The minimum Gasteiger partial charge on any atom is -0.481 e. The molecule has 0 spiro atoms. The van der Waals surface area contributed by atoms with Crippen LogP contribution in [0.5, 0.6) is 0 Å². The Labute approximate surface area is 92.3 Å². The van der Waals surface area contributed by atoms with Crippen LogP contribution in [-0.4, -0.2) is 27.0 Å². The van der Waals surface area contributed by atoms with E-state index in [1.54, 1.807) is 0 Å². The zero-order chi connectivity index (χ0) is 11.5. The monoisotopic (exact) mass is 230 g/mol. The molecule has 0 amide bonds. The van der Waals surface area contributed by atoms with Crippen molar-refractivity contribution in [3.63, 3.8) is 0 Å². The van der Waals surface area contributed by atoms with Crippen molar-refractivity contribution in [3.8, 4) is 0 Å². The van der Waals surface area contributed by atoms with Gasteiger partial charge in [0.1, 0.15) is 5.75 Å². The Hall–Kier alpha value is -1.04. The predicted octanol–water partition coefficient (Wildman–Crippen LogP) is 1.93. The molecule has 0 aliphatic rings. The number of carboxylic acid groups (broad SMARTS) is 1. The van der Waals surface area contributed by atoms with Crippen molar-refractivity contribution >= 4 is 17.7 Å². The second-order valence-corrected chi connectivity index (χ2v) is 4.72. The summed E-state index contributed by atoms with van der Waals surface area (Å²) in [5, 5.41) is 16.5. The Kier molecular flexibility index (Phi) is 3.73. The molecule has 0 unspecified atom stereocenters. The van der Waals surface area contributed by atoms with Crippen LogP contribution in [0.4, 0.5) is 0 Å². The van der Waals surface area contributed by atoms with Gasteiger partial charge in [-0.05, 0) is 6.42 Å². The van der Waals surface area contributed by atoms with E-state index in [4.69, 9.17) is 9.52 Å². The second-order valence-electron chi connectivity index (χ2n) is 3.79. The summed E-state index contributed by atoms with van der Waals surface area (Å²) in [5.74, 6) is -0.402. The van der Waals surface area contributed by atoms with Crippen molar-refractivity contribution in [2.75, 3.05) is 5.75 Å². The van der Waals surface area contributed by atoms with Crippen LogP contribution in [0.2, 0.25) is 0 Å². The number of aliphatic carboxylic acids is 1. The number of carboxylic acids is 1. The first kappa shape index (κ1) is 12.0. The van der Waals surface area contributed by atoms with E-state index in [2.05, 4.69) is 10.2 Å². The molecular weight excluding hydrogens is 216 g/mol. The van der Waals surface area contributed by atoms with E-state index in [0.29, 0.717) is 11.1 Å². The summed E-state index contributed by atoms with van der Waals surface area (Å²) in [5.41, 5.74) is -0.158. The number of thioether (sulfide) groups is 1. The molecule has 0 aliphatic heterocycles. The lowest BCUT2D eigenvalue weighted by molar-refractivity contribution is -0.133.